The van der Waals surface area contributed by atoms with Crippen molar-refractivity contribution in [2.75, 3.05) is 25.0 Å². The highest BCUT2D eigenvalue weighted by molar-refractivity contribution is 5.90. The molecule has 0 aromatic heterocycles. The van der Waals surface area contributed by atoms with Gasteiger partial charge in [-0.25, -0.2) is 4.39 Å². The first-order valence-electron chi connectivity index (χ1n) is 15.8. The number of hydrogen-bond acceptors (Lipinski definition) is 4. The maximum atomic E-state index is 15.2. The van der Waals surface area contributed by atoms with Crippen molar-refractivity contribution < 1.29 is 19.0 Å². The lowest BCUT2D eigenvalue weighted by Crippen LogP contribution is -2.46. The average Bonchev–Trinajstić information content (AvgIpc) is 3.52. The van der Waals surface area contributed by atoms with Gasteiger partial charge in [0.1, 0.15) is 23.4 Å². The summed E-state index contributed by atoms with van der Waals surface area (Å²) in [5.74, 6) is 2.74. The van der Waals surface area contributed by atoms with E-state index in [9.17, 15) is 9.90 Å². The number of benzene rings is 2. The monoisotopic (exact) mass is 546 g/mol. The number of carbonyl (C=O) groups excluding carboxylic acids is 1. The molecule has 1 spiro atoms. The fourth-order valence-corrected chi connectivity index (χ4v) is 9.23. The first-order chi connectivity index (χ1) is 19.5. The van der Waals surface area contributed by atoms with E-state index in [1.165, 1.54) is 68.8 Å². The fraction of sp³-hybridized carbons (Fsp3) is 0.618. The Bertz CT molecular complexity index is 1260. The number of aryl methyl sites for hydroxylation is 1. The van der Waals surface area contributed by atoms with Crippen molar-refractivity contribution in [3.8, 4) is 11.5 Å². The smallest absolute Gasteiger partial charge is 0.224 e. The molecule has 5 aliphatic rings. The molecule has 0 radical (unpaired) electrons. The Labute approximate surface area is 237 Å². The number of likely N-dealkylation sites (tertiary alicyclic amines) is 1. The lowest BCUT2D eigenvalue weighted by molar-refractivity contribution is -0.116. The number of phenols is 1. The van der Waals surface area contributed by atoms with Crippen molar-refractivity contribution in [1.29, 1.82) is 0 Å². The lowest BCUT2D eigenvalue weighted by atomic mass is 9.57. The van der Waals surface area contributed by atoms with Gasteiger partial charge in [-0.2, -0.15) is 0 Å². The van der Waals surface area contributed by atoms with Crippen LogP contribution in [0.1, 0.15) is 87.7 Å². The third-order valence-corrected chi connectivity index (χ3v) is 11.1. The molecular weight excluding hydrogens is 503 g/mol. The maximum absolute atomic E-state index is 15.2. The number of fused-ring (bicyclic) bond motifs is 4. The van der Waals surface area contributed by atoms with Crippen LogP contribution in [0.15, 0.2) is 36.4 Å². The van der Waals surface area contributed by atoms with E-state index in [-0.39, 0.29) is 23.6 Å². The van der Waals surface area contributed by atoms with Crippen LogP contribution < -0.4 is 10.1 Å². The summed E-state index contributed by atoms with van der Waals surface area (Å²) in [5.41, 5.74) is 3.19. The number of nitrogens with one attached hydrogen (secondary N) is 1. The summed E-state index contributed by atoms with van der Waals surface area (Å²) < 4.78 is 21.9. The predicted molar refractivity (Wildman–Crippen MR) is 154 cm³/mol. The normalized spacial score (nSPS) is 32.4. The Morgan fingerprint density at radius 2 is 1.93 bits per heavy atom. The number of hydrogen-bond donors (Lipinski definition) is 2. The molecule has 7 rings (SSSR count). The number of anilines is 1. The van der Waals surface area contributed by atoms with Crippen LogP contribution in [0.3, 0.4) is 0 Å². The summed E-state index contributed by atoms with van der Waals surface area (Å²) >= 11 is 0. The van der Waals surface area contributed by atoms with E-state index in [1.807, 2.05) is 18.2 Å². The summed E-state index contributed by atoms with van der Waals surface area (Å²) in [6, 6.07) is 10.7. The molecule has 40 heavy (non-hydrogen) atoms. The second kappa shape index (κ2) is 10.7. The summed E-state index contributed by atoms with van der Waals surface area (Å²) in [5, 5.41) is 12.9. The third-order valence-electron chi connectivity index (χ3n) is 11.1. The number of halogens is 1. The van der Waals surface area contributed by atoms with Crippen molar-refractivity contribution in [1.82, 2.24) is 4.90 Å². The van der Waals surface area contributed by atoms with E-state index in [1.54, 1.807) is 6.07 Å². The molecule has 0 bridgehead atoms. The van der Waals surface area contributed by atoms with Gasteiger partial charge in [0.2, 0.25) is 5.91 Å². The van der Waals surface area contributed by atoms with Crippen LogP contribution in [0, 0.1) is 29.0 Å². The van der Waals surface area contributed by atoms with Crippen LogP contribution in [-0.4, -0.2) is 41.7 Å². The summed E-state index contributed by atoms with van der Waals surface area (Å²) in [7, 11) is 0. The minimum atomic E-state index is -0.443. The molecule has 4 fully saturated rings. The second-order valence-corrected chi connectivity index (χ2v) is 13.3. The Hall–Kier alpha value is -2.60. The topological polar surface area (TPSA) is 61.8 Å². The number of rotatable bonds is 8. The Morgan fingerprint density at radius 1 is 1.05 bits per heavy atom. The summed E-state index contributed by atoms with van der Waals surface area (Å²) in [6.07, 6.45) is 13.3. The first kappa shape index (κ1) is 26.3. The Kier molecular flexibility index (Phi) is 7.01. The van der Waals surface area contributed by atoms with Crippen LogP contribution >= 0.6 is 0 Å². The van der Waals surface area contributed by atoms with E-state index >= 15 is 4.39 Å². The van der Waals surface area contributed by atoms with Crippen molar-refractivity contribution in [3.63, 3.8) is 0 Å². The average molecular weight is 547 g/mol. The molecule has 2 aromatic carbocycles. The van der Waals surface area contributed by atoms with Gasteiger partial charge in [0.25, 0.3) is 0 Å². The molecule has 1 aliphatic heterocycles. The van der Waals surface area contributed by atoms with Gasteiger partial charge in [-0.15, -0.1) is 0 Å². The van der Waals surface area contributed by atoms with Crippen molar-refractivity contribution >= 4 is 11.6 Å². The fourth-order valence-electron chi connectivity index (χ4n) is 9.23. The van der Waals surface area contributed by atoms with Crippen molar-refractivity contribution in [3.05, 3.63) is 53.3 Å². The Morgan fingerprint density at radius 3 is 2.75 bits per heavy atom. The molecular formula is C34H43FN2O3. The van der Waals surface area contributed by atoms with E-state index in [4.69, 9.17) is 4.74 Å². The molecule has 1 saturated heterocycles. The van der Waals surface area contributed by atoms with Crippen molar-refractivity contribution in [2.24, 2.45) is 23.2 Å². The number of phenolic OH excluding ortho intramolecular Hbond substituents is 1. The molecule has 2 unspecified atom stereocenters. The van der Waals surface area contributed by atoms with E-state index in [0.717, 1.165) is 50.5 Å². The predicted octanol–water partition coefficient (Wildman–Crippen LogP) is 7.04. The highest BCUT2D eigenvalue weighted by atomic mass is 19.1. The van der Waals surface area contributed by atoms with Gasteiger partial charge in [0.05, 0.1) is 5.69 Å². The minimum Gasteiger partial charge on any atom is -0.508 e. The number of nitrogens with zero attached hydrogens (tertiary/aromatic N) is 1. The quantitative estimate of drug-likeness (QED) is 0.349. The van der Waals surface area contributed by atoms with Gasteiger partial charge >= 0.3 is 0 Å². The Balaban J connectivity index is 1.01. The zero-order valence-electron chi connectivity index (χ0n) is 23.5. The molecule has 1 amide bonds. The SMILES string of the molecule is O=C(CCCCN1CCCCC1)Nc1ccc(O[C@H]2C[C@]34CC3CCC4[C@@H]3CCc4cc(O)ccc4[C@@H]23)cc1F. The van der Waals surface area contributed by atoms with E-state index in [2.05, 4.69) is 16.3 Å². The number of piperidine rings is 1. The van der Waals surface area contributed by atoms with Crippen LogP contribution in [-0.2, 0) is 11.2 Å². The number of unbranched alkanes of at least 4 members (excludes halogenated alkanes) is 1. The zero-order chi connectivity index (χ0) is 27.3. The molecule has 5 nitrogen and oxygen atoms in total. The van der Waals surface area contributed by atoms with Gasteiger partial charge in [0.15, 0.2) is 0 Å². The molecule has 3 saturated carbocycles. The number of aromatic hydroxyl groups is 1. The molecule has 4 aliphatic carbocycles. The molecule has 6 atom stereocenters. The first-order valence-corrected chi connectivity index (χ1v) is 15.8. The minimum absolute atomic E-state index is 0.00677. The standard InChI is InChI=1S/C34H43FN2O3/c35-29-19-25(10-14-30(29)36-32(39)6-2-5-17-37-15-3-1-4-16-37)40-31-21-34-20-23(34)8-13-28(34)27-11-7-22-18-24(38)9-12-26(22)33(27)31/h9-10,12,14,18-19,23,27-28,31,33,38H,1-8,11,13,15-17,20-21H2,(H,36,39)/t23?,27-,28?,31-,33+,34+/m0/s1. The molecule has 2 aromatic rings. The summed E-state index contributed by atoms with van der Waals surface area (Å²) in [4.78, 5) is 15.0. The molecule has 214 valence electrons. The van der Waals surface area contributed by atoms with E-state index in [0.29, 0.717) is 29.3 Å². The van der Waals surface area contributed by atoms with Crippen LogP contribution in [0.2, 0.25) is 0 Å². The van der Waals surface area contributed by atoms with Gasteiger partial charge in [-0.05, 0) is 142 Å². The van der Waals surface area contributed by atoms with Crippen LogP contribution in [0.4, 0.5) is 10.1 Å². The van der Waals surface area contributed by atoms with E-state index < -0.39 is 5.82 Å². The highest BCUT2D eigenvalue weighted by Crippen LogP contribution is 2.75. The van der Waals surface area contributed by atoms with Gasteiger partial charge in [0, 0.05) is 18.4 Å². The van der Waals surface area contributed by atoms with Gasteiger partial charge in [-0.3, -0.25) is 4.79 Å². The zero-order valence-corrected chi connectivity index (χ0v) is 23.5. The molecule has 2 N–H and O–H groups in total. The molecule has 1 heterocycles. The van der Waals surface area contributed by atoms with Crippen LogP contribution in [0.5, 0.6) is 11.5 Å². The lowest BCUT2D eigenvalue weighted by Gasteiger charge is -2.49. The van der Waals surface area contributed by atoms with Gasteiger partial charge < -0.3 is 20.1 Å². The largest absolute Gasteiger partial charge is 0.508 e. The number of ether oxygens (including phenoxy) is 1. The third kappa shape index (κ3) is 4.91. The molecule has 6 heteroatoms. The maximum Gasteiger partial charge on any atom is 0.224 e. The summed E-state index contributed by atoms with van der Waals surface area (Å²) in [6.45, 7) is 3.39. The number of carbonyl (C=O) groups is 1. The van der Waals surface area contributed by atoms with Crippen molar-refractivity contribution in [2.45, 2.75) is 89.1 Å². The van der Waals surface area contributed by atoms with Gasteiger partial charge in [-0.1, -0.05) is 12.5 Å². The van der Waals surface area contributed by atoms with Crippen LogP contribution in [0.25, 0.3) is 0 Å². The number of amides is 1. The second-order valence-electron chi connectivity index (χ2n) is 13.3. The highest BCUT2D eigenvalue weighted by Gasteiger charge is 2.68.